The van der Waals surface area contributed by atoms with Crippen LogP contribution in [0.1, 0.15) is 46.5 Å². The summed E-state index contributed by atoms with van der Waals surface area (Å²) in [7, 11) is -1.21. The van der Waals surface area contributed by atoms with Gasteiger partial charge in [-0.15, -0.1) is 0 Å². The predicted molar refractivity (Wildman–Crippen MR) is 176 cm³/mol. The summed E-state index contributed by atoms with van der Waals surface area (Å²) in [5.41, 5.74) is 0.384. The van der Waals surface area contributed by atoms with Crippen LogP contribution < -0.4 is 25.7 Å². The fourth-order valence-corrected chi connectivity index (χ4v) is 10.8. The molecule has 0 bridgehead atoms. The van der Waals surface area contributed by atoms with Gasteiger partial charge in [-0.05, 0) is 40.4 Å². The number of nitrogens with one attached hydrogen (secondary N) is 2. The molecule has 11 heteroatoms. The third-order valence-corrected chi connectivity index (χ3v) is 13.3. The summed E-state index contributed by atoms with van der Waals surface area (Å²) in [6.07, 6.45) is 6.75. The van der Waals surface area contributed by atoms with Crippen LogP contribution in [0.3, 0.4) is 0 Å². The molecule has 2 N–H and O–H groups in total. The Labute approximate surface area is 259 Å². The highest BCUT2D eigenvalue weighted by molar-refractivity contribution is 6.99. The van der Waals surface area contributed by atoms with E-state index in [1.807, 2.05) is 12.1 Å². The maximum atomic E-state index is 12.0. The minimum Gasteiger partial charge on any atom is -0.480 e. The number of hydrogen-bond donors (Lipinski definition) is 2. The molecular formula is C33H40N6O4Si. The number of methoxy groups -OCH3 is 1. The van der Waals surface area contributed by atoms with Crippen molar-refractivity contribution in [1.29, 1.82) is 0 Å². The van der Waals surface area contributed by atoms with Gasteiger partial charge >= 0.3 is 5.69 Å². The van der Waals surface area contributed by atoms with Gasteiger partial charge in [0.15, 0.2) is 0 Å². The first kappa shape index (κ1) is 31.1. The van der Waals surface area contributed by atoms with E-state index in [9.17, 15) is 10.1 Å². The molecule has 5 rings (SSSR count). The van der Waals surface area contributed by atoms with E-state index < -0.39 is 13.2 Å². The van der Waals surface area contributed by atoms with Crippen molar-refractivity contribution in [1.82, 2.24) is 15.0 Å². The summed E-state index contributed by atoms with van der Waals surface area (Å²) in [5.74, 6) is 0.893. The Bertz CT molecular complexity index is 1510. The average molecular weight is 613 g/mol. The van der Waals surface area contributed by atoms with Crippen molar-refractivity contribution in [2.45, 2.75) is 57.5 Å². The molecular weight excluding hydrogens is 572 g/mol. The lowest BCUT2D eigenvalue weighted by atomic mass is 9.85. The van der Waals surface area contributed by atoms with E-state index in [1.54, 1.807) is 18.3 Å². The van der Waals surface area contributed by atoms with Gasteiger partial charge in [0.2, 0.25) is 17.6 Å². The van der Waals surface area contributed by atoms with E-state index in [4.69, 9.17) is 9.16 Å². The Kier molecular flexibility index (Phi) is 9.55. The largest absolute Gasteiger partial charge is 0.480 e. The maximum absolute atomic E-state index is 12.0. The van der Waals surface area contributed by atoms with Gasteiger partial charge in [-0.2, -0.15) is 4.98 Å². The monoisotopic (exact) mass is 612 g/mol. The molecule has 1 fully saturated rings. The molecule has 1 aliphatic carbocycles. The molecule has 230 valence electrons. The smallest absolute Gasteiger partial charge is 0.329 e. The third-order valence-electron chi connectivity index (χ3n) is 8.34. The second-order valence-electron chi connectivity index (χ2n) is 12.1. The predicted octanol–water partition coefficient (Wildman–Crippen LogP) is 6.08. The molecule has 0 unspecified atom stereocenters. The van der Waals surface area contributed by atoms with Crippen LogP contribution in [-0.2, 0) is 4.43 Å². The fourth-order valence-electron chi connectivity index (χ4n) is 6.21. The molecule has 0 saturated heterocycles. The van der Waals surface area contributed by atoms with Gasteiger partial charge in [0.05, 0.1) is 12.0 Å². The van der Waals surface area contributed by atoms with Crippen LogP contribution in [-0.4, -0.2) is 48.0 Å². The van der Waals surface area contributed by atoms with Gasteiger partial charge in [-0.1, -0.05) is 94.3 Å². The molecule has 2 aromatic heterocycles. The van der Waals surface area contributed by atoms with Crippen molar-refractivity contribution in [3.63, 3.8) is 0 Å². The number of hydrogen-bond acceptors (Lipinski definition) is 9. The number of benzene rings is 2. The Balaban J connectivity index is 1.44. The van der Waals surface area contributed by atoms with Crippen molar-refractivity contribution in [2.75, 3.05) is 24.4 Å². The van der Waals surface area contributed by atoms with Crippen molar-refractivity contribution >= 4 is 41.8 Å². The van der Waals surface area contributed by atoms with Gasteiger partial charge in [0.1, 0.15) is 11.9 Å². The van der Waals surface area contributed by atoms with Crippen molar-refractivity contribution < 1.29 is 14.1 Å². The topological polar surface area (TPSA) is 124 Å². The molecule has 0 spiro atoms. The number of aromatic nitrogens is 3. The first-order valence-corrected chi connectivity index (χ1v) is 16.9. The van der Waals surface area contributed by atoms with E-state index in [1.165, 1.54) is 23.7 Å². The van der Waals surface area contributed by atoms with E-state index in [0.717, 1.165) is 25.7 Å². The van der Waals surface area contributed by atoms with Crippen LogP contribution in [0.2, 0.25) is 5.04 Å². The number of anilines is 3. The van der Waals surface area contributed by atoms with E-state index in [-0.39, 0.29) is 34.5 Å². The van der Waals surface area contributed by atoms with Crippen LogP contribution in [0.4, 0.5) is 23.1 Å². The zero-order chi connectivity index (χ0) is 31.2. The number of nitrogens with zero attached hydrogens (tertiary/aromatic N) is 4. The molecule has 44 heavy (non-hydrogen) atoms. The number of rotatable bonds is 11. The average Bonchev–Trinajstić information content (AvgIpc) is 3.03. The SMILES string of the molecule is COc1ncccc1Nc1ncc([N+](=O)[O-])c(N[C@H]2CCCC[C@H]2CO[Si](c2ccccc2)(c2ccccc2)C(C)(C)C)n1. The van der Waals surface area contributed by atoms with Gasteiger partial charge in [0, 0.05) is 24.8 Å². The van der Waals surface area contributed by atoms with Gasteiger partial charge in [-0.3, -0.25) is 10.1 Å². The molecule has 2 atom stereocenters. The molecule has 0 aliphatic heterocycles. The molecule has 1 aliphatic rings. The van der Waals surface area contributed by atoms with Crippen molar-refractivity contribution in [2.24, 2.45) is 5.92 Å². The van der Waals surface area contributed by atoms with Crippen molar-refractivity contribution in [3.05, 3.63) is 95.3 Å². The molecule has 10 nitrogen and oxygen atoms in total. The summed E-state index contributed by atoms with van der Waals surface area (Å²) in [6.45, 7) is 7.34. The molecule has 1 saturated carbocycles. The lowest BCUT2D eigenvalue weighted by Crippen LogP contribution is -2.67. The van der Waals surface area contributed by atoms with Crippen LogP contribution in [0.25, 0.3) is 0 Å². The Morgan fingerprint density at radius 2 is 1.61 bits per heavy atom. The highest BCUT2D eigenvalue weighted by Crippen LogP contribution is 2.38. The Morgan fingerprint density at radius 3 is 2.23 bits per heavy atom. The highest BCUT2D eigenvalue weighted by atomic mass is 28.4. The summed E-state index contributed by atoms with van der Waals surface area (Å²) in [4.78, 5) is 24.5. The minimum absolute atomic E-state index is 0.0589. The lowest BCUT2D eigenvalue weighted by molar-refractivity contribution is -0.384. The first-order chi connectivity index (χ1) is 21.2. The highest BCUT2D eigenvalue weighted by Gasteiger charge is 2.50. The van der Waals surface area contributed by atoms with Crippen LogP contribution in [0, 0.1) is 16.0 Å². The molecule has 0 radical (unpaired) electrons. The fraction of sp³-hybridized carbons (Fsp3) is 0.364. The maximum Gasteiger partial charge on any atom is 0.329 e. The lowest BCUT2D eigenvalue weighted by Gasteiger charge is -2.44. The Hall–Kier alpha value is -4.35. The van der Waals surface area contributed by atoms with Crippen molar-refractivity contribution in [3.8, 4) is 5.88 Å². The first-order valence-electron chi connectivity index (χ1n) is 15.0. The number of ether oxygens (including phenoxy) is 1. The van der Waals surface area contributed by atoms with Gasteiger partial charge in [-0.25, -0.2) is 9.97 Å². The zero-order valence-corrected chi connectivity index (χ0v) is 26.7. The minimum atomic E-state index is -2.73. The molecule has 0 amide bonds. The third kappa shape index (κ3) is 6.58. The van der Waals surface area contributed by atoms with E-state index in [0.29, 0.717) is 18.2 Å². The quantitative estimate of drug-likeness (QED) is 0.118. The summed E-state index contributed by atoms with van der Waals surface area (Å²) in [6, 6.07) is 24.7. The summed E-state index contributed by atoms with van der Waals surface area (Å²) in [5, 5.41) is 20.9. The number of pyridine rings is 1. The van der Waals surface area contributed by atoms with Gasteiger partial charge in [0.25, 0.3) is 8.32 Å². The zero-order valence-electron chi connectivity index (χ0n) is 25.7. The van der Waals surface area contributed by atoms with Crippen LogP contribution in [0.15, 0.2) is 85.2 Å². The van der Waals surface area contributed by atoms with Crippen LogP contribution in [0.5, 0.6) is 5.88 Å². The number of nitro groups is 1. The summed E-state index contributed by atoms with van der Waals surface area (Å²) >= 11 is 0. The normalized spacial score (nSPS) is 17.1. The molecule has 2 aromatic carbocycles. The standard InChI is InChI=1S/C33H40N6O4Si/c1-33(2,3)44(25-15-7-5-8-16-25,26-17-9-6-10-18-26)43-23-24-14-11-12-19-27(24)36-30-29(39(40)41)22-35-32(38-30)37-28-20-13-21-34-31(28)42-4/h5-10,13,15-18,20-22,24,27H,11-12,14,19,23H2,1-4H3,(H2,35,36,37,38)/t24-,27-/m0/s1. The van der Waals surface area contributed by atoms with Gasteiger partial charge < -0.3 is 19.8 Å². The van der Waals surface area contributed by atoms with E-state index in [2.05, 4.69) is 94.9 Å². The summed E-state index contributed by atoms with van der Waals surface area (Å²) < 4.78 is 12.6. The second kappa shape index (κ2) is 13.5. The second-order valence-corrected chi connectivity index (χ2v) is 16.4. The van der Waals surface area contributed by atoms with Crippen LogP contribution >= 0.6 is 0 Å². The van der Waals surface area contributed by atoms with E-state index >= 15 is 0 Å². The Morgan fingerprint density at radius 1 is 0.955 bits per heavy atom. The molecule has 4 aromatic rings. The molecule has 2 heterocycles.